The number of nitro benzene ring substituents is 1. The van der Waals surface area contributed by atoms with Crippen LogP contribution < -0.4 is 5.32 Å². The predicted molar refractivity (Wildman–Crippen MR) is 72.1 cm³/mol. The summed E-state index contributed by atoms with van der Waals surface area (Å²) in [5, 5.41) is 19.7. The molecule has 0 bridgehead atoms. The van der Waals surface area contributed by atoms with Crippen LogP contribution in [-0.2, 0) is 0 Å². The Bertz CT molecular complexity index is 653. The van der Waals surface area contributed by atoms with Gasteiger partial charge in [-0.15, -0.1) is 0 Å². The molecule has 0 saturated carbocycles. The van der Waals surface area contributed by atoms with E-state index < -0.39 is 4.92 Å². The van der Waals surface area contributed by atoms with Crippen molar-refractivity contribution in [2.45, 2.75) is 6.92 Å². The smallest absolute Gasteiger partial charge is 0.283 e. The molecule has 0 radical (unpaired) electrons. The number of amides is 1. The van der Waals surface area contributed by atoms with Crippen LogP contribution in [0.3, 0.4) is 0 Å². The Hall–Kier alpha value is -2.22. The monoisotopic (exact) mass is 324 g/mol. The molecular weight excluding hydrogens is 316 g/mol. The molecule has 0 unspecified atom stereocenters. The fourth-order valence-electron chi connectivity index (χ4n) is 1.51. The number of aromatic nitrogens is 2. The molecule has 7 nitrogen and oxygen atoms in total. The first-order valence-electron chi connectivity index (χ1n) is 5.24. The van der Waals surface area contributed by atoms with Crippen molar-refractivity contribution in [2.75, 3.05) is 5.32 Å². The van der Waals surface area contributed by atoms with Crippen LogP contribution in [0.4, 0.5) is 11.4 Å². The number of aromatic amines is 1. The molecule has 0 aliphatic heterocycles. The molecule has 0 fully saturated rings. The largest absolute Gasteiger partial charge is 0.322 e. The number of H-pyrrole nitrogens is 1. The molecule has 19 heavy (non-hydrogen) atoms. The summed E-state index contributed by atoms with van der Waals surface area (Å²) in [7, 11) is 0. The van der Waals surface area contributed by atoms with Crippen molar-refractivity contribution >= 4 is 33.2 Å². The summed E-state index contributed by atoms with van der Waals surface area (Å²) >= 11 is 3.09. The minimum absolute atomic E-state index is 0.0579. The van der Waals surface area contributed by atoms with E-state index in [4.69, 9.17) is 0 Å². The van der Waals surface area contributed by atoms with Gasteiger partial charge in [0.2, 0.25) is 0 Å². The molecule has 0 spiro atoms. The van der Waals surface area contributed by atoms with Crippen LogP contribution in [0.5, 0.6) is 0 Å². The maximum absolute atomic E-state index is 11.9. The zero-order valence-corrected chi connectivity index (χ0v) is 11.4. The molecule has 1 heterocycles. The molecule has 1 amide bonds. The van der Waals surface area contributed by atoms with E-state index in [0.29, 0.717) is 21.4 Å². The van der Waals surface area contributed by atoms with Crippen LogP contribution in [0.1, 0.15) is 16.1 Å². The molecule has 0 aliphatic carbocycles. The van der Waals surface area contributed by atoms with Crippen LogP contribution in [0, 0.1) is 17.0 Å². The lowest BCUT2D eigenvalue weighted by atomic mass is 10.2. The zero-order chi connectivity index (χ0) is 14.0. The quantitative estimate of drug-likeness (QED) is 0.669. The lowest BCUT2D eigenvalue weighted by Crippen LogP contribution is -2.12. The van der Waals surface area contributed by atoms with Gasteiger partial charge in [0, 0.05) is 17.4 Å². The fraction of sp³-hybridized carbons (Fsp3) is 0.0909. The highest BCUT2D eigenvalue weighted by Crippen LogP contribution is 2.27. The van der Waals surface area contributed by atoms with Crippen LogP contribution in [0.2, 0.25) is 0 Å². The lowest BCUT2D eigenvalue weighted by molar-refractivity contribution is -0.385. The topological polar surface area (TPSA) is 101 Å². The van der Waals surface area contributed by atoms with E-state index in [9.17, 15) is 14.9 Å². The van der Waals surface area contributed by atoms with Gasteiger partial charge in [-0.05, 0) is 35.0 Å². The second-order valence-electron chi connectivity index (χ2n) is 3.79. The van der Waals surface area contributed by atoms with E-state index in [2.05, 4.69) is 31.4 Å². The van der Waals surface area contributed by atoms with Gasteiger partial charge in [-0.2, -0.15) is 5.10 Å². The Labute approximate surface area is 116 Å². The number of hydrogen-bond donors (Lipinski definition) is 2. The minimum atomic E-state index is -0.504. The molecular formula is C11H9BrN4O3. The number of benzene rings is 1. The van der Waals surface area contributed by atoms with Gasteiger partial charge in [-0.1, -0.05) is 0 Å². The molecule has 1 aromatic heterocycles. The summed E-state index contributed by atoms with van der Waals surface area (Å²) in [5.74, 6) is -0.327. The van der Waals surface area contributed by atoms with E-state index >= 15 is 0 Å². The van der Waals surface area contributed by atoms with Crippen LogP contribution in [0.25, 0.3) is 0 Å². The van der Waals surface area contributed by atoms with Gasteiger partial charge >= 0.3 is 0 Å². The number of nitro groups is 1. The van der Waals surface area contributed by atoms with Gasteiger partial charge in [0.05, 0.1) is 21.2 Å². The first kappa shape index (κ1) is 13.2. The van der Waals surface area contributed by atoms with E-state index in [-0.39, 0.29) is 11.6 Å². The van der Waals surface area contributed by atoms with Crippen molar-refractivity contribution in [2.24, 2.45) is 0 Å². The number of carbonyl (C=O) groups excluding carboxylic acids is 1. The van der Waals surface area contributed by atoms with Crippen molar-refractivity contribution in [3.8, 4) is 0 Å². The van der Waals surface area contributed by atoms with E-state index in [0.717, 1.165) is 0 Å². The molecule has 98 valence electrons. The van der Waals surface area contributed by atoms with E-state index in [1.165, 1.54) is 24.4 Å². The zero-order valence-electron chi connectivity index (χ0n) is 9.81. The molecule has 2 aromatic rings. The molecule has 2 N–H and O–H groups in total. The number of nitrogens with one attached hydrogen (secondary N) is 2. The first-order valence-corrected chi connectivity index (χ1v) is 6.03. The Kier molecular flexibility index (Phi) is 3.61. The van der Waals surface area contributed by atoms with Crippen LogP contribution >= 0.6 is 15.9 Å². The second-order valence-corrected chi connectivity index (χ2v) is 4.64. The highest BCUT2D eigenvalue weighted by Gasteiger charge is 2.14. The first-order chi connectivity index (χ1) is 8.99. The van der Waals surface area contributed by atoms with Crippen molar-refractivity contribution in [3.05, 3.63) is 50.2 Å². The standard InChI is InChI=1S/C11H9BrN4O3/c1-6-8(5-13-15-6)11(17)14-7-2-3-10(16(18)19)9(12)4-7/h2-5H,1H3,(H,13,15)(H,14,17). The molecule has 0 saturated heterocycles. The van der Waals surface area contributed by atoms with Crippen molar-refractivity contribution in [1.82, 2.24) is 10.2 Å². The van der Waals surface area contributed by atoms with Gasteiger partial charge in [0.1, 0.15) is 0 Å². The Morgan fingerprint density at radius 1 is 1.53 bits per heavy atom. The van der Waals surface area contributed by atoms with E-state index in [1.54, 1.807) is 6.92 Å². The molecule has 8 heteroatoms. The number of hydrogen-bond acceptors (Lipinski definition) is 4. The maximum Gasteiger partial charge on any atom is 0.283 e. The summed E-state index contributed by atoms with van der Waals surface area (Å²) in [6, 6.07) is 4.27. The highest BCUT2D eigenvalue weighted by molar-refractivity contribution is 9.10. The Morgan fingerprint density at radius 2 is 2.26 bits per heavy atom. The summed E-state index contributed by atoms with van der Waals surface area (Å²) in [4.78, 5) is 22.1. The fourth-order valence-corrected chi connectivity index (χ4v) is 2.03. The maximum atomic E-state index is 11.9. The number of nitrogens with zero attached hydrogens (tertiary/aromatic N) is 2. The molecule has 2 rings (SSSR count). The Morgan fingerprint density at radius 3 is 2.79 bits per heavy atom. The lowest BCUT2D eigenvalue weighted by Gasteiger charge is -2.05. The predicted octanol–water partition coefficient (Wildman–Crippen LogP) is 2.64. The summed E-state index contributed by atoms with van der Waals surface area (Å²) in [6.07, 6.45) is 1.42. The third-order valence-corrected chi connectivity index (χ3v) is 3.11. The second kappa shape index (κ2) is 5.19. The van der Waals surface area contributed by atoms with E-state index in [1.807, 2.05) is 0 Å². The van der Waals surface area contributed by atoms with Gasteiger partial charge in [0.25, 0.3) is 11.6 Å². The Balaban J connectivity index is 2.21. The summed E-state index contributed by atoms with van der Waals surface area (Å²) in [6.45, 7) is 1.73. The number of aryl methyl sites for hydroxylation is 1. The van der Waals surface area contributed by atoms with Crippen molar-refractivity contribution in [1.29, 1.82) is 0 Å². The number of halogens is 1. The van der Waals surface area contributed by atoms with Gasteiger partial charge < -0.3 is 5.32 Å². The molecule has 1 aromatic carbocycles. The van der Waals surface area contributed by atoms with Crippen LogP contribution in [0.15, 0.2) is 28.9 Å². The van der Waals surface area contributed by atoms with Crippen molar-refractivity contribution < 1.29 is 9.72 Å². The van der Waals surface area contributed by atoms with Crippen LogP contribution in [-0.4, -0.2) is 21.0 Å². The van der Waals surface area contributed by atoms with Gasteiger partial charge in [0.15, 0.2) is 0 Å². The summed E-state index contributed by atoms with van der Waals surface area (Å²) < 4.78 is 0.305. The normalized spacial score (nSPS) is 10.2. The molecule has 0 aliphatic rings. The summed E-state index contributed by atoms with van der Waals surface area (Å²) in [5.41, 5.74) is 1.48. The average molecular weight is 325 g/mol. The highest BCUT2D eigenvalue weighted by atomic mass is 79.9. The number of rotatable bonds is 3. The third kappa shape index (κ3) is 2.79. The SMILES string of the molecule is Cc1[nH]ncc1C(=O)Nc1ccc([N+](=O)[O-])c(Br)c1. The molecule has 0 atom stereocenters. The third-order valence-electron chi connectivity index (χ3n) is 2.48. The van der Waals surface area contributed by atoms with Gasteiger partial charge in [-0.3, -0.25) is 20.0 Å². The number of carbonyl (C=O) groups is 1. The average Bonchev–Trinajstić information content (AvgIpc) is 2.75. The minimum Gasteiger partial charge on any atom is -0.322 e. The number of anilines is 1. The van der Waals surface area contributed by atoms with Crippen molar-refractivity contribution in [3.63, 3.8) is 0 Å². The van der Waals surface area contributed by atoms with Gasteiger partial charge in [-0.25, -0.2) is 0 Å².